The molecule has 0 radical (unpaired) electrons. The fraction of sp³-hybridized carbons (Fsp3) is 0.500. The topological polar surface area (TPSA) is 33.1 Å². The van der Waals surface area contributed by atoms with Crippen LogP contribution in [0.1, 0.15) is 18.9 Å². The molecule has 2 nitrogen and oxygen atoms in total. The van der Waals surface area contributed by atoms with Gasteiger partial charge in [0.25, 0.3) is 0 Å². The summed E-state index contributed by atoms with van der Waals surface area (Å²) in [4.78, 5) is 3.73. The third-order valence-electron chi connectivity index (χ3n) is 1.92. The van der Waals surface area contributed by atoms with Crippen molar-refractivity contribution in [2.45, 2.75) is 29.8 Å². The molecule has 1 N–H and O–H groups in total. The zero-order valence-electron chi connectivity index (χ0n) is 8.66. The van der Waals surface area contributed by atoms with Gasteiger partial charge in [-0.1, -0.05) is 6.92 Å². The van der Waals surface area contributed by atoms with E-state index in [0.717, 1.165) is 17.8 Å². The van der Waals surface area contributed by atoms with Crippen LogP contribution in [0.4, 0.5) is 13.2 Å². The second-order valence-corrected chi connectivity index (χ2v) is 4.72. The highest BCUT2D eigenvalue weighted by molar-refractivity contribution is 7.99. The van der Waals surface area contributed by atoms with E-state index in [4.69, 9.17) is 5.11 Å². The lowest BCUT2D eigenvalue weighted by Crippen LogP contribution is -2.09. The van der Waals surface area contributed by atoms with Crippen LogP contribution < -0.4 is 0 Å². The Labute approximate surface area is 95.9 Å². The second kappa shape index (κ2) is 5.54. The number of pyridine rings is 1. The minimum Gasteiger partial charge on any atom is -0.396 e. The van der Waals surface area contributed by atoms with Crippen LogP contribution in [0.5, 0.6) is 0 Å². The van der Waals surface area contributed by atoms with E-state index in [1.54, 1.807) is 6.92 Å². The molecule has 1 unspecified atom stereocenters. The molecule has 0 saturated carbocycles. The smallest absolute Gasteiger partial charge is 0.396 e. The van der Waals surface area contributed by atoms with E-state index in [1.165, 1.54) is 12.3 Å². The number of aliphatic hydroxyl groups excluding tert-OH is 1. The van der Waals surface area contributed by atoms with Crippen molar-refractivity contribution in [3.05, 3.63) is 23.9 Å². The van der Waals surface area contributed by atoms with Crippen molar-refractivity contribution in [1.29, 1.82) is 0 Å². The van der Waals surface area contributed by atoms with E-state index in [0.29, 0.717) is 6.42 Å². The van der Waals surface area contributed by atoms with Gasteiger partial charge in [-0.05, 0) is 18.6 Å². The molecule has 90 valence electrons. The van der Waals surface area contributed by atoms with Crippen LogP contribution in [0, 0.1) is 0 Å². The van der Waals surface area contributed by atoms with Gasteiger partial charge in [-0.15, -0.1) is 11.8 Å². The van der Waals surface area contributed by atoms with Gasteiger partial charge in [-0.25, -0.2) is 4.98 Å². The third kappa shape index (κ3) is 3.68. The highest BCUT2D eigenvalue weighted by Gasteiger charge is 2.34. The summed E-state index contributed by atoms with van der Waals surface area (Å²) in [6.07, 6.45) is -2.60. The van der Waals surface area contributed by atoms with Crippen LogP contribution >= 0.6 is 11.8 Å². The number of hydrogen-bond donors (Lipinski definition) is 1. The molecule has 0 spiro atoms. The maximum Gasteiger partial charge on any atom is 0.419 e. The summed E-state index contributed by atoms with van der Waals surface area (Å²) < 4.78 is 37.7. The summed E-state index contributed by atoms with van der Waals surface area (Å²) in [6, 6.07) is 2.28. The molecule has 6 heteroatoms. The molecule has 1 aromatic rings. The van der Waals surface area contributed by atoms with Crippen molar-refractivity contribution in [3.63, 3.8) is 0 Å². The van der Waals surface area contributed by atoms with Gasteiger partial charge in [0.15, 0.2) is 0 Å². The number of alkyl halides is 3. The minimum absolute atomic E-state index is 0.0315. The highest BCUT2D eigenvalue weighted by Crippen LogP contribution is 2.36. The average Bonchev–Trinajstić information content (AvgIpc) is 2.17. The predicted molar refractivity (Wildman–Crippen MR) is 56.3 cm³/mol. The molecule has 0 saturated heterocycles. The molecule has 0 amide bonds. The molecule has 1 heterocycles. The van der Waals surface area contributed by atoms with E-state index in [9.17, 15) is 13.2 Å². The summed E-state index contributed by atoms with van der Waals surface area (Å²) in [5.74, 6) is 0. The summed E-state index contributed by atoms with van der Waals surface area (Å²) in [5, 5.41) is 8.56. The first-order valence-corrected chi connectivity index (χ1v) is 5.63. The van der Waals surface area contributed by atoms with E-state index in [1.807, 2.05) is 0 Å². The molecule has 0 bridgehead atoms. The first-order chi connectivity index (χ1) is 7.45. The van der Waals surface area contributed by atoms with Crippen molar-refractivity contribution in [1.82, 2.24) is 4.98 Å². The number of thioether (sulfide) groups is 1. The molecule has 1 rings (SSSR count). The number of nitrogens with zero attached hydrogens (tertiary/aromatic N) is 1. The predicted octanol–water partition coefficient (Wildman–Crippen LogP) is 2.96. The molecule has 0 aromatic carbocycles. The van der Waals surface area contributed by atoms with Gasteiger partial charge in [0.05, 0.1) is 5.56 Å². The van der Waals surface area contributed by atoms with E-state index < -0.39 is 11.7 Å². The minimum atomic E-state index is -4.38. The first-order valence-electron chi connectivity index (χ1n) is 4.75. The molecular formula is C10H12F3NOS. The number of rotatable bonds is 4. The fourth-order valence-corrected chi connectivity index (χ4v) is 2.17. The molecule has 1 aromatic heterocycles. The highest BCUT2D eigenvalue weighted by atomic mass is 32.2. The second-order valence-electron chi connectivity index (χ2n) is 3.29. The van der Waals surface area contributed by atoms with Crippen molar-refractivity contribution < 1.29 is 18.3 Å². The Morgan fingerprint density at radius 3 is 2.75 bits per heavy atom. The van der Waals surface area contributed by atoms with E-state index in [-0.39, 0.29) is 16.9 Å². The lowest BCUT2D eigenvalue weighted by molar-refractivity contribution is -0.140. The standard InChI is InChI=1S/C10H12F3NOS/c1-7(4-6-15)16-9-8(10(11,12)13)3-2-5-14-9/h2-3,5,7,15H,4,6H2,1H3. The van der Waals surface area contributed by atoms with Gasteiger partial charge in [-0.2, -0.15) is 13.2 Å². The number of hydrogen-bond acceptors (Lipinski definition) is 3. The zero-order chi connectivity index (χ0) is 12.2. The van der Waals surface area contributed by atoms with Gasteiger partial charge in [0, 0.05) is 18.1 Å². The molecular weight excluding hydrogens is 239 g/mol. The van der Waals surface area contributed by atoms with Gasteiger partial charge in [0.1, 0.15) is 5.03 Å². The van der Waals surface area contributed by atoms with Crippen LogP contribution in [-0.2, 0) is 6.18 Å². The maximum atomic E-state index is 12.6. The number of halogens is 3. The average molecular weight is 251 g/mol. The largest absolute Gasteiger partial charge is 0.419 e. The Kier molecular flexibility index (Phi) is 4.61. The van der Waals surface area contributed by atoms with Crippen LogP contribution in [0.25, 0.3) is 0 Å². The van der Waals surface area contributed by atoms with E-state index >= 15 is 0 Å². The molecule has 16 heavy (non-hydrogen) atoms. The van der Waals surface area contributed by atoms with Gasteiger partial charge >= 0.3 is 6.18 Å². The summed E-state index contributed by atoms with van der Waals surface area (Å²) in [7, 11) is 0. The van der Waals surface area contributed by atoms with Crippen molar-refractivity contribution in [2.24, 2.45) is 0 Å². The SMILES string of the molecule is CC(CCO)Sc1ncccc1C(F)(F)F. The number of aromatic nitrogens is 1. The molecule has 0 aliphatic rings. The van der Waals surface area contributed by atoms with E-state index in [2.05, 4.69) is 4.98 Å². The lowest BCUT2D eigenvalue weighted by atomic mass is 10.3. The molecule has 0 fully saturated rings. The normalized spacial score (nSPS) is 13.8. The monoisotopic (exact) mass is 251 g/mol. The van der Waals surface area contributed by atoms with Crippen molar-refractivity contribution >= 4 is 11.8 Å². The zero-order valence-corrected chi connectivity index (χ0v) is 9.48. The van der Waals surface area contributed by atoms with Gasteiger partial charge < -0.3 is 5.11 Å². The summed E-state index contributed by atoms with van der Waals surface area (Å²) >= 11 is 1.03. The lowest BCUT2D eigenvalue weighted by Gasteiger charge is -2.14. The Morgan fingerprint density at radius 2 is 2.19 bits per heavy atom. The van der Waals surface area contributed by atoms with Crippen LogP contribution in [0.15, 0.2) is 23.4 Å². The van der Waals surface area contributed by atoms with Crippen molar-refractivity contribution in [3.8, 4) is 0 Å². The van der Waals surface area contributed by atoms with Crippen LogP contribution in [0.3, 0.4) is 0 Å². The Morgan fingerprint density at radius 1 is 1.50 bits per heavy atom. The molecule has 0 aliphatic carbocycles. The first kappa shape index (κ1) is 13.3. The number of aliphatic hydroxyl groups is 1. The van der Waals surface area contributed by atoms with Crippen LogP contribution in [-0.4, -0.2) is 21.9 Å². The van der Waals surface area contributed by atoms with Crippen LogP contribution in [0.2, 0.25) is 0 Å². The Hall–Kier alpha value is -0.750. The quantitative estimate of drug-likeness (QED) is 0.835. The molecule has 0 aliphatic heterocycles. The fourth-order valence-electron chi connectivity index (χ4n) is 1.13. The third-order valence-corrected chi connectivity index (χ3v) is 3.11. The van der Waals surface area contributed by atoms with Gasteiger partial charge in [0.2, 0.25) is 0 Å². The summed E-state index contributed by atoms with van der Waals surface area (Å²) in [6.45, 7) is 1.72. The van der Waals surface area contributed by atoms with Gasteiger partial charge in [-0.3, -0.25) is 0 Å². The molecule has 1 atom stereocenters. The van der Waals surface area contributed by atoms with Crippen molar-refractivity contribution in [2.75, 3.05) is 6.61 Å². The summed E-state index contributed by atoms with van der Waals surface area (Å²) in [5.41, 5.74) is -0.718. The maximum absolute atomic E-state index is 12.6. The Bertz CT molecular complexity index is 343. The Balaban J connectivity index is 2.87.